The van der Waals surface area contributed by atoms with Crippen LogP contribution in [0.3, 0.4) is 0 Å². The highest BCUT2D eigenvalue weighted by atomic mass is 79.9. The molecular formula is C43H48Br2N4O2. The number of para-hydroxylation sites is 2. The maximum Gasteiger partial charge on any atom is 0.177 e. The Morgan fingerprint density at radius 3 is 1.86 bits per heavy atom. The van der Waals surface area contributed by atoms with E-state index in [-0.39, 0.29) is 57.2 Å². The van der Waals surface area contributed by atoms with Crippen LogP contribution in [-0.2, 0) is 20.3 Å². The summed E-state index contributed by atoms with van der Waals surface area (Å²) >= 11 is 0. The van der Waals surface area contributed by atoms with Gasteiger partial charge < -0.3 is 62.2 Å². The minimum absolute atomic E-state index is 0. The molecule has 2 saturated carbocycles. The fourth-order valence-electron chi connectivity index (χ4n) is 16.2. The van der Waals surface area contributed by atoms with Crippen molar-refractivity contribution in [2.75, 3.05) is 55.7 Å². The standard InChI is InChI=1S/C43H48N4O2.2BrH/c1-3-16-46-18-14-42-31-10-6-8-12-33(31)45-38(42)36-28(21-34(42)46)26(23-46)13-20-48-40(36)44-32-11-7-5-9-30(32)43-15-19-47(17-4-2)24-27-25-49-41(45)37(39(43)44)29(27)22-35(43)47;;/h3-13,25,28-29,34-41H,1-2,14-24H2;2*1H/q+2;;/p-2/t28-,29-,34-,35-,36+,37+,38-,39-,40+,41+,42+,43+,46?,47?;;/m0../s1. The smallest absolute Gasteiger partial charge is 0.177 e. The number of quaternary nitrogens is 2. The molecule has 7 fully saturated rings. The second kappa shape index (κ2) is 10.2. The van der Waals surface area contributed by atoms with Crippen molar-refractivity contribution in [2.24, 2.45) is 23.7 Å². The van der Waals surface area contributed by atoms with E-state index in [0.717, 1.165) is 37.3 Å². The topological polar surface area (TPSA) is 24.9 Å². The lowest BCUT2D eigenvalue weighted by Crippen LogP contribution is -3.00. The van der Waals surface area contributed by atoms with Gasteiger partial charge in [0.2, 0.25) is 0 Å². The molecule has 13 rings (SSSR count). The molecule has 9 aliphatic heterocycles. The third-order valence-electron chi connectivity index (χ3n) is 17.2. The molecule has 9 heterocycles. The van der Waals surface area contributed by atoms with Crippen molar-refractivity contribution in [1.82, 2.24) is 0 Å². The van der Waals surface area contributed by atoms with Gasteiger partial charge in [-0.15, -0.1) is 0 Å². The number of rotatable bonds is 4. The van der Waals surface area contributed by atoms with Gasteiger partial charge in [0.1, 0.15) is 31.4 Å². The number of piperidine rings is 2. The fraction of sp³-hybridized carbons (Fsp3) is 0.535. The SMILES string of the molecule is C=CC[N+]12CC[C@@]34c5ccccc5N5[C@@H]6OC=C7C[N+]8(CC=C)CC[C@]9%10c%11ccccc%11N([C@@H]%11OCC=C(C1)[C@H](C[C@@H]32)[C@@H]%11[C@H]54)[C@H]9[C@H]6[C@H]7C[C@@H]%108.[Br-].[Br-]. The summed E-state index contributed by atoms with van der Waals surface area (Å²) in [5.41, 5.74) is 9.58. The van der Waals surface area contributed by atoms with Crippen LogP contribution >= 0.6 is 0 Å². The van der Waals surface area contributed by atoms with Gasteiger partial charge in [0.25, 0.3) is 0 Å². The number of anilines is 2. The van der Waals surface area contributed by atoms with Crippen LogP contribution in [-0.4, -0.2) is 91.5 Å². The quantitative estimate of drug-likeness (QED) is 0.312. The van der Waals surface area contributed by atoms with E-state index in [1.807, 2.05) is 0 Å². The molecule has 2 aromatic rings. The summed E-state index contributed by atoms with van der Waals surface area (Å²) < 4.78 is 17.2. The van der Waals surface area contributed by atoms with Gasteiger partial charge in [-0.2, -0.15) is 0 Å². The molecule has 0 amide bonds. The minimum atomic E-state index is 0. The predicted molar refractivity (Wildman–Crippen MR) is 190 cm³/mol. The van der Waals surface area contributed by atoms with Gasteiger partial charge in [-0.25, -0.2) is 0 Å². The summed E-state index contributed by atoms with van der Waals surface area (Å²) in [6, 6.07) is 21.2. The average molecular weight is 813 g/mol. The van der Waals surface area contributed by atoms with E-state index >= 15 is 0 Å². The Balaban J connectivity index is 0.00000155. The number of nitrogens with zero attached hydrogens (tertiary/aromatic N) is 4. The molecule has 0 radical (unpaired) electrons. The van der Waals surface area contributed by atoms with E-state index in [9.17, 15) is 0 Å². The summed E-state index contributed by atoms with van der Waals surface area (Å²) in [5.74, 6) is 1.82. The lowest BCUT2D eigenvalue weighted by Gasteiger charge is -2.66. The zero-order valence-corrected chi connectivity index (χ0v) is 32.4. The van der Waals surface area contributed by atoms with Crippen molar-refractivity contribution in [3.63, 3.8) is 0 Å². The highest BCUT2D eigenvalue weighted by molar-refractivity contribution is 5.72. The molecule has 5 saturated heterocycles. The molecule has 14 atom stereocenters. The Kier molecular flexibility index (Phi) is 6.44. The number of ether oxygens (including phenoxy) is 2. The summed E-state index contributed by atoms with van der Waals surface area (Å²) in [7, 11) is 0. The second-order valence-electron chi connectivity index (χ2n) is 18.1. The molecule has 2 unspecified atom stereocenters. The lowest BCUT2D eigenvalue weighted by atomic mass is 9.52. The first-order chi connectivity index (χ1) is 24.1. The van der Waals surface area contributed by atoms with Crippen molar-refractivity contribution < 1.29 is 52.4 Å². The van der Waals surface area contributed by atoms with E-state index in [0.29, 0.717) is 47.8 Å². The van der Waals surface area contributed by atoms with Crippen LogP contribution in [0.2, 0.25) is 0 Å². The van der Waals surface area contributed by atoms with Crippen LogP contribution in [0, 0.1) is 23.7 Å². The van der Waals surface area contributed by atoms with Crippen LogP contribution in [0.4, 0.5) is 11.4 Å². The van der Waals surface area contributed by atoms with Gasteiger partial charge in [-0.05, 0) is 41.0 Å². The largest absolute Gasteiger partial charge is 1.00 e. The highest BCUT2D eigenvalue weighted by Gasteiger charge is 2.81. The first kappa shape index (κ1) is 32.1. The van der Waals surface area contributed by atoms with Crippen LogP contribution in [0.15, 0.2) is 97.3 Å². The van der Waals surface area contributed by atoms with Crippen molar-refractivity contribution in [1.29, 1.82) is 0 Å². The molecule has 51 heavy (non-hydrogen) atoms. The second-order valence-corrected chi connectivity index (χ2v) is 18.1. The summed E-state index contributed by atoms with van der Waals surface area (Å²) in [4.78, 5) is 5.91. The number of hydrogen-bond donors (Lipinski definition) is 0. The van der Waals surface area contributed by atoms with Gasteiger partial charge >= 0.3 is 0 Å². The Bertz CT molecular complexity index is 1970. The van der Waals surface area contributed by atoms with Gasteiger partial charge in [-0.3, -0.25) is 0 Å². The average Bonchev–Trinajstić information content (AvgIpc) is 3.78. The van der Waals surface area contributed by atoms with Crippen molar-refractivity contribution in [2.45, 2.75) is 73.1 Å². The van der Waals surface area contributed by atoms with E-state index in [2.05, 4.69) is 96.0 Å². The van der Waals surface area contributed by atoms with E-state index < -0.39 is 0 Å². The van der Waals surface area contributed by atoms with Crippen molar-refractivity contribution in [3.05, 3.63) is 108 Å². The summed E-state index contributed by atoms with van der Waals surface area (Å²) in [5, 5.41) is 0. The summed E-state index contributed by atoms with van der Waals surface area (Å²) in [6.45, 7) is 16.2. The maximum atomic E-state index is 7.48. The van der Waals surface area contributed by atoms with Crippen LogP contribution in [0.25, 0.3) is 0 Å². The number of halogens is 2. The fourth-order valence-corrected chi connectivity index (χ4v) is 16.2. The monoisotopic (exact) mass is 810 g/mol. The zero-order chi connectivity index (χ0) is 32.1. The van der Waals surface area contributed by atoms with Crippen LogP contribution < -0.4 is 43.8 Å². The highest BCUT2D eigenvalue weighted by Crippen LogP contribution is 2.72. The Morgan fingerprint density at radius 1 is 0.725 bits per heavy atom. The molecule has 2 spiro atoms. The van der Waals surface area contributed by atoms with Gasteiger partial charge in [0.15, 0.2) is 6.23 Å². The molecule has 0 aromatic heterocycles. The lowest BCUT2D eigenvalue weighted by molar-refractivity contribution is -0.938. The third kappa shape index (κ3) is 3.25. The molecule has 2 aliphatic carbocycles. The van der Waals surface area contributed by atoms with Crippen LogP contribution in [0.1, 0.15) is 36.8 Å². The molecule has 8 heteroatoms. The summed E-state index contributed by atoms with van der Waals surface area (Å²) in [6.07, 6.45) is 14.4. The van der Waals surface area contributed by atoms with Gasteiger partial charge in [0.05, 0.1) is 62.0 Å². The number of hydrogen-bond acceptors (Lipinski definition) is 4. The number of benzene rings is 2. The van der Waals surface area contributed by atoms with Crippen molar-refractivity contribution in [3.8, 4) is 0 Å². The zero-order valence-electron chi connectivity index (χ0n) is 29.3. The Labute approximate surface area is 323 Å². The predicted octanol–water partition coefficient (Wildman–Crippen LogP) is -0.366. The molecule has 11 aliphatic rings. The Morgan fingerprint density at radius 2 is 1.25 bits per heavy atom. The first-order valence-corrected chi connectivity index (χ1v) is 19.4. The van der Waals surface area contributed by atoms with Crippen molar-refractivity contribution >= 4 is 11.4 Å². The Hall–Kier alpha value is -2.36. The first-order valence-electron chi connectivity index (χ1n) is 19.4. The molecule has 0 N–H and O–H groups in total. The maximum absolute atomic E-state index is 7.48. The number of fused-ring (bicyclic) bond motifs is 6. The molecular weight excluding hydrogens is 764 g/mol. The molecule has 266 valence electrons. The minimum Gasteiger partial charge on any atom is -1.00 e. The van der Waals surface area contributed by atoms with Crippen LogP contribution in [0.5, 0.6) is 0 Å². The van der Waals surface area contributed by atoms with Gasteiger partial charge in [0, 0.05) is 66.3 Å². The molecule has 6 nitrogen and oxygen atoms in total. The van der Waals surface area contributed by atoms with E-state index in [1.54, 1.807) is 22.3 Å². The molecule has 2 aromatic carbocycles. The van der Waals surface area contributed by atoms with Gasteiger partial charge in [-0.1, -0.05) is 55.6 Å². The third-order valence-corrected chi connectivity index (χ3v) is 17.2. The normalized spacial score (nSPS) is 48.2. The van der Waals surface area contributed by atoms with E-state index in [1.165, 1.54) is 54.6 Å². The molecule has 4 bridgehead atoms. The van der Waals surface area contributed by atoms with E-state index in [4.69, 9.17) is 9.47 Å².